The number of aromatic nitrogens is 2. The Morgan fingerprint density at radius 2 is 1.24 bits per heavy atom. The molecule has 0 saturated carbocycles. The van der Waals surface area contributed by atoms with E-state index in [1.54, 1.807) is 18.3 Å². The summed E-state index contributed by atoms with van der Waals surface area (Å²) < 4.78 is 0. The third-order valence-corrected chi connectivity index (χ3v) is 4.41. The minimum atomic E-state index is -2.74. The molecule has 0 bridgehead atoms. The van der Waals surface area contributed by atoms with Crippen molar-refractivity contribution in [2.24, 2.45) is 0 Å². The lowest BCUT2D eigenvalue weighted by Crippen LogP contribution is -2.42. The summed E-state index contributed by atoms with van der Waals surface area (Å²) in [5.74, 6) is -4.78. The highest BCUT2D eigenvalue weighted by Gasteiger charge is 2.40. The second-order valence-corrected chi connectivity index (χ2v) is 7.03. The Balaban J connectivity index is 0.000000181. The van der Waals surface area contributed by atoms with Crippen molar-refractivity contribution in [3.8, 4) is 5.75 Å². The van der Waals surface area contributed by atoms with E-state index in [2.05, 4.69) is 22.1 Å². The van der Waals surface area contributed by atoms with Crippen LogP contribution in [0.2, 0.25) is 0 Å². The first-order valence-electron chi connectivity index (χ1n) is 9.84. The van der Waals surface area contributed by atoms with Crippen molar-refractivity contribution < 1.29 is 39.9 Å². The minimum absolute atomic E-state index is 0.239. The highest BCUT2D eigenvalue weighted by atomic mass is 16.4. The van der Waals surface area contributed by atoms with Gasteiger partial charge >= 0.3 is 17.9 Å². The highest BCUT2D eigenvalue weighted by Crippen LogP contribution is 2.20. The second-order valence-electron chi connectivity index (χ2n) is 7.03. The van der Waals surface area contributed by atoms with Crippen LogP contribution < -0.4 is 0 Å². The Kier molecular flexibility index (Phi) is 8.98. The fourth-order valence-electron chi connectivity index (χ4n) is 2.82. The number of carboxylic acid groups (broad SMARTS) is 3. The quantitative estimate of drug-likeness (QED) is 0.294. The Hall–Kier alpha value is -4.57. The zero-order chi connectivity index (χ0) is 25.1. The molecule has 2 aromatic heterocycles. The van der Waals surface area contributed by atoms with Crippen LogP contribution in [0.4, 0.5) is 0 Å². The number of rotatable bonds is 5. The van der Waals surface area contributed by atoms with Crippen LogP contribution >= 0.6 is 0 Å². The molecular weight excluding hydrogens is 444 g/mol. The minimum Gasteiger partial charge on any atom is -0.506 e. The Morgan fingerprint density at radius 3 is 1.79 bits per heavy atom. The van der Waals surface area contributed by atoms with Gasteiger partial charge in [0.2, 0.25) is 0 Å². The zero-order valence-corrected chi connectivity index (χ0v) is 17.8. The van der Waals surface area contributed by atoms with Gasteiger partial charge < -0.3 is 25.5 Å². The lowest BCUT2D eigenvalue weighted by molar-refractivity contribution is -0.170. The average molecular weight is 466 g/mol. The van der Waals surface area contributed by atoms with Crippen molar-refractivity contribution in [1.29, 1.82) is 0 Å². The van der Waals surface area contributed by atoms with E-state index in [4.69, 9.17) is 20.4 Å². The summed E-state index contributed by atoms with van der Waals surface area (Å²) >= 11 is 0. The molecule has 5 N–H and O–H groups in total. The molecule has 0 aliphatic carbocycles. The molecule has 0 fully saturated rings. The normalized spacial score (nSPS) is 10.4. The van der Waals surface area contributed by atoms with E-state index >= 15 is 0 Å². The second kappa shape index (κ2) is 11.9. The lowest BCUT2D eigenvalue weighted by atomic mass is 9.96. The first-order valence-corrected chi connectivity index (χ1v) is 9.84. The molecule has 0 amide bonds. The SMILES string of the molecule is O=C(O)CC(O)(CC(=O)O)C(=O)O.Oc1cccc2cccnc12.c1ccc2ncccc2c1. The molecule has 0 saturated heterocycles. The van der Waals surface area contributed by atoms with E-state index in [1.807, 2.05) is 48.7 Å². The summed E-state index contributed by atoms with van der Waals surface area (Å²) in [5.41, 5.74) is -1.02. The third kappa shape index (κ3) is 7.53. The molecular formula is C24H22N2O8. The summed E-state index contributed by atoms with van der Waals surface area (Å²) in [6, 6.07) is 21.2. The molecule has 0 aliphatic rings. The van der Waals surface area contributed by atoms with E-state index in [1.165, 1.54) is 5.39 Å². The summed E-state index contributed by atoms with van der Waals surface area (Å²) in [4.78, 5) is 38.7. The van der Waals surface area contributed by atoms with Crippen LogP contribution in [0.25, 0.3) is 21.8 Å². The predicted octanol–water partition coefficient (Wildman–Crippen LogP) is 2.93. The maximum Gasteiger partial charge on any atom is 0.336 e. The molecule has 10 nitrogen and oxygen atoms in total. The van der Waals surface area contributed by atoms with Crippen LogP contribution in [0.5, 0.6) is 5.75 Å². The Morgan fingerprint density at radius 1 is 0.706 bits per heavy atom. The number of phenolic OH excluding ortho intramolecular Hbond substituents is 1. The summed E-state index contributed by atoms with van der Waals surface area (Å²) in [6.07, 6.45) is 1.19. The first kappa shape index (κ1) is 25.7. The van der Waals surface area contributed by atoms with Crippen molar-refractivity contribution in [2.45, 2.75) is 18.4 Å². The van der Waals surface area contributed by atoms with Gasteiger partial charge in [0.1, 0.15) is 11.3 Å². The lowest BCUT2D eigenvalue weighted by Gasteiger charge is -2.18. The average Bonchev–Trinajstić information content (AvgIpc) is 2.79. The molecule has 0 radical (unpaired) electrons. The fraction of sp³-hybridized carbons (Fsp3) is 0.125. The van der Waals surface area contributed by atoms with Gasteiger partial charge in [-0.15, -0.1) is 0 Å². The maximum atomic E-state index is 10.3. The van der Waals surface area contributed by atoms with E-state index in [0.717, 1.165) is 10.9 Å². The van der Waals surface area contributed by atoms with Gasteiger partial charge in [0.25, 0.3) is 0 Å². The number of carbonyl (C=O) groups is 3. The predicted molar refractivity (Wildman–Crippen MR) is 122 cm³/mol. The van der Waals surface area contributed by atoms with Gasteiger partial charge in [0, 0.05) is 23.2 Å². The Labute approximate surface area is 193 Å². The number of benzene rings is 2. The van der Waals surface area contributed by atoms with Crippen LogP contribution in [-0.2, 0) is 14.4 Å². The number of para-hydroxylation sites is 2. The Bertz CT molecular complexity index is 1210. The monoisotopic (exact) mass is 466 g/mol. The molecule has 2 heterocycles. The number of aliphatic carboxylic acids is 3. The van der Waals surface area contributed by atoms with Crippen LogP contribution in [0.3, 0.4) is 0 Å². The van der Waals surface area contributed by atoms with E-state index in [9.17, 15) is 19.5 Å². The largest absolute Gasteiger partial charge is 0.506 e. The first-order chi connectivity index (χ1) is 16.1. The number of phenols is 1. The van der Waals surface area contributed by atoms with E-state index in [0.29, 0.717) is 5.52 Å². The summed E-state index contributed by atoms with van der Waals surface area (Å²) in [6.45, 7) is 0. The van der Waals surface area contributed by atoms with E-state index in [-0.39, 0.29) is 5.75 Å². The van der Waals surface area contributed by atoms with Crippen LogP contribution in [-0.4, -0.2) is 59.0 Å². The molecule has 0 aliphatic heterocycles. The molecule has 0 unspecified atom stereocenters. The molecule has 34 heavy (non-hydrogen) atoms. The van der Waals surface area contributed by atoms with Gasteiger partial charge in [-0.3, -0.25) is 19.6 Å². The van der Waals surface area contributed by atoms with Crippen molar-refractivity contribution in [3.63, 3.8) is 0 Å². The fourth-order valence-corrected chi connectivity index (χ4v) is 2.82. The van der Waals surface area contributed by atoms with Gasteiger partial charge in [-0.05, 0) is 24.3 Å². The number of aromatic hydroxyl groups is 1. The third-order valence-electron chi connectivity index (χ3n) is 4.41. The molecule has 4 rings (SSSR count). The number of nitrogens with zero attached hydrogens (tertiary/aromatic N) is 2. The maximum absolute atomic E-state index is 10.3. The van der Waals surface area contributed by atoms with Gasteiger partial charge in [-0.1, -0.05) is 42.5 Å². The molecule has 2 aromatic carbocycles. The van der Waals surface area contributed by atoms with Crippen molar-refractivity contribution in [3.05, 3.63) is 79.1 Å². The zero-order valence-electron chi connectivity index (χ0n) is 17.8. The van der Waals surface area contributed by atoms with Crippen molar-refractivity contribution in [2.75, 3.05) is 0 Å². The summed E-state index contributed by atoms with van der Waals surface area (Å²) in [7, 11) is 0. The summed E-state index contributed by atoms with van der Waals surface area (Å²) in [5, 5.41) is 45.3. The number of carboxylic acids is 3. The van der Waals surface area contributed by atoms with Gasteiger partial charge in [0.05, 0.1) is 18.4 Å². The van der Waals surface area contributed by atoms with Crippen LogP contribution in [0.1, 0.15) is 12.8 Å². The van der Waals surface area contributed by atoms with Crippen molar-refractivity contribution in [1.82, 2.24) is 9.97 Å². The highest BCUT2D eigenvalue weighted by molar-refractivity contribution is 5.88. The van der Waals surface area contributed by atoms with Gasteiger partial charge in [-0.25, -0.2) is 4.79 Å². The molecule has 0 atom stereocenters. The number of hydrogen-bond donors (Lipinski definition) is 5. The smallest absolute Gasteiger partial charge is 0.336 e. The van der Waals surface area contributed by atoms with Gasteiger partial charge in [-0.2, -0.15) is 0 Å². The van der Waals surface area contributed by atoms with Crippen molar-refractivity contribution >= 4 is 39.7 Å². The number of hydrogen-bond acceptors (Lipinski definition) is 7. The number of fused-ring (bicyclic) bond motifs is 2. The van der Waals surface area contributed by atoms with Gasteiger partial charge in [0.15, 0.2) is 5.60 Å². The van der Waals surface area contributed by atoms with E-state index < -0.39 is 36.4 Å². The van der Waals surface area contributed by atoms with Crippen LogP contribution in [0.15, 0.2) is 79.1 Å². The van der Waals surface area contributed by atoms with Crippen LogP contribution in [0, 0.1) is 0 Å². The number of pyridine rings is 2. The topological polar surface area (TPSA) is 178 Å². The molecule has 4 aromatic rings. The molecule has 0 spiro atoms. The molecule has 176 valence electrons. The number of aliphatic hydroxyl groups is 1. The molecule has 10 heteroatoms. The standard InChI is InChI=1S/C9H7NO.C9H7N.C6H8O7/c11-8-5-1-3-7-4-2-6-10-9(7)8;1-2-6-9-8(4-1)5-3-7-10-9;7-3(8)1-6(13,5(11)12)2-4(9)10/h1-6,11H;1-7H;13H,1-2H2,(H,7,8)(H,9,10)(H,11,12).